The van der Waals surface area contributed by atoms with Crippen LogP contribution in [-0.2, 0) is 12.3 Å². The van der Waals surface area contributed by atoms with Crippen molar-refractivity contribution in [2.45, 2.75) is 24.1 Å². The maximum Gasteiger partial charge on any atom is 0.252 e. The molecular formula is C19H17ClN2OS2. The molecule has 0 saturated heterocycles. The van der Waals surface area contributed by atoms with Gasteiger partial charge in [-0.3, -0.25) is 4.79 Å². The van der Waals surface area contributed by atoms with Gasteiger partial charge in [0.05, 0.1) is 16.3 Å². The number of aromatic nitrogens is 1. The van der Waals surface area contributed by atoms with E-state index in [-0.39, 0.29) is 5.91 Å². The van der Waals surface area contributed by atoms with Gasteiger partial charge in [-0.25, -0.2) is 4.98 Å². The van der Waals surface area contributed by atoms with E-state index < -0.39 is 0 Å². The zero-order chi connectivity index (χ0) is 17.6. The van der Waals surface area contributed by atoms with Gasteiger partial charge in [-0.15, -0.1) is 23.1 Å². The Bertz CT molecular complexity index is 862. The second kappa shape index (κ2) is 8.52. The molecule has 25 heavy (non-hydrogen) atoms. The first-order valence-electron chi connectivity index (χ1n) is 7.77. The maximum atomic E-state index is 12.6. The molecule has 2 aromatic carbocycles. The molecule has 0 atom stereocenters. The van der Waals surface area contributed by atoms with Crippen LogP contribution in [0.15, 0.2) is 58.8 Å². The molecule has 0 unspecified atom stereocenters. The Kier molecular flexibility index (Phi) is 6.13. The van der Waals surface area contributed by atoms with Crippen LogP contribution in [0.25, 0.3) is 0 Å². The van der Waals surface area contributed by atoms with Crippen LogP contribution in [-0.4, -0.2) is 10.9 Å². The second-order valence-electron chi connectivity index (χ2n) is 5.45. The molecule has 0 spiro atoms. The Balaban J connectivity index is 1.64. The van der Waals surface area contributed by atoms with Crippen molar-refractivity contribution in [2.24, 2.45) is 0 Å². The number of rotatable bonds is 6. The first-order chi connectivity index (χ1) is 12.1. The van der Waals surface area contributed by atoms with Crippen LogP contribution in [0.2, 0.25) is 5.02 Å². The van der Waals surface area contributed by atoms with Gasteiger partial charge in [0.15, 0.2) is 0 Å². The molecule has 0 aliphatic carbocycles. The molecule has 1 aromatic heterocycles. The van der Waals surface area contributed by atoms with Crippen molar-refractivity contribution in [3.8, 4) is 0 Å². The minimum Gasteiger partial charge on any atom is -0.348 e. The molecule has 0 aliphatic rings. The standard InChI is InChI=1S/C19H17ClN2OS2/c1-13-22-16(11-24-13)12-25-18-5-3-2-4-17(18)19(23)21-10-14-6-8-15(20)9-7-14/h2-9,11H,10,12H2,1H3,(H,21,23). The summed E-state index contributed by atoms with van der Waals surface area (Å²) in [5, 5.41) is 6.78. The van der Waals surface area contributed by atoms with Crippen LogP contribution in [0, 0.1) is 6.92 Å². The average molecular weight is 389 g/mol. The van der Waals surface area contributed by atoms with Crippen LogP contribution in [0.4, 0.5) is 0 Å². The molecule has 1 N–H and O–H groups in total. The quantitative estimate of drug-likeness (QED) is 0.580. The topological polar surface area (TPSA) is 42.0 Å². The number of hydrogen-bond acceptors (Lipinski definition) is 4. The zero-order valence-corrected chi connectivity index (χ0v) is 16.0. The smallest absolute Gasteiger partial charge is 0.252 e. The van der Waals surface area contributed by atoms with Gasteiger partial charge in [-0.2, -0.15) is 0 Å². The van der Waals surface area contributed by atoms with Gasteiger partial charge in [-0.05, 0) is 36.8 Å². The number of halogens is 1. The molecule has 3 nitrogen and oxygen atoms in total. The van der Waals surface area contributed by atoms with E-state index in [9.17, 15) is 4.79 Å². The lowest BCUT2D eigenvalue weighted by Crippen LogP contribution is -2.23. The van der Waals surface area contributed by atoms with Gasteiger partial charge >= 0.3 is 0 Å². The molecule has 128 valence electrons. The number of amides is 1. The van der Waals surface area contributed by atoms with E-state index in [1.165, 1.54) is 0 Å². The number of carbonyl (C=O) groups is 1. The summed E-state index contributed by atoms with van der Waals surface area (Å²) in [5.41, 5.74) is 2.75. The minimum absolute atomic E-state index is 0.0764. The summed E-state index contributed by atoms with van der Waals surface area (Å²) in [6, 6.07) is 15.1. The largest absolute Gasteiger partial charge is 0.348 e. The number of benzene rings is 2. The normalized spacial score (nSPS) is 10.6. The molecule has 1 amide bonds. The van der Waals surface area contributed by atoms with E-state index in [0.717, 1.165) is 26.9 Å². The Labute approximate surface area is 160 Å². The summed E-state index contributed by atoms with van der Waals surface area (Å²) < 4.78 is 0. The van der Waals surface area contributed by atoms with Gasteiger partial charge in [0, 0.05) is 27.6 Å². The summed E-state index contributed by atoms with van der Waals surface area (Å²) in [7, 11) is 0. The maximum absolute atomic E-state index is 12.6. The molecule has 6 heteroatoms. The monoisotopic (exact) mass is 388 g/mol. The Morgan fingerprint density at radius 3 is 2.68 bits per heavy atom. The first-order valence-corrected chi connectivity index (χ1v) is 10.0. The van der Waals surface area contributed by atoms with Crippen molar-refractivity contribution in [3.05, 3.63) is 80.8 Å². The number of thioether (sulfide) groups is 1. The summed E-state index contributed by atoms with van der Waals surface area (Å²) in [6.45, 7) is 2.47. The molecule has 0 radical (unpaired) electrons. The van der Waals surface area contributed by atoms with Crippen molar-refractivity contribution in [1.82, 2.24) is 10.3 Å². The van der Waals surface area contributed by atoms with Crippen LogP contribution >= 0.6 is 34.7 Å². The van der Waals surface area contributed by atoms with Gasteiger partial charge < -0.3 is 5.32 Å². The highest BCUT2D eigenvalue weighted by molar-refractivity contribution is 7.98. The molecule has 0 fully saturated rings. The third kappa shape index (κ3) is 5.08. The molecule has 0 bridgehead atoms. The van der Waals surface area contributed by atoms with E-state index in [0.29, 0.717) is 17.1 Å². The molecule has 0 aliphatic heterocycles. The van der Waals surface area contributed by atoms with Crippen LogP contribution in [0.1, 0.15) is 26.6 Å². The summed E-state index contributed by atoms with van der Waals surface area (Å²) >= 11 is 9.16. The summed E-state index contributed by atoms with van der Waals surface area (Å²) in [6.07, 6.45) is 0. The SMILES string of the molecule is Cc1nc(CSc2ccccc2C(=O)NCc2ccc(Cl)cc2)cs1. The Hall–Kier alpha value is -1.82. The van der Waals surface area contributed by atoms with Crippen LogP contribution in [0.3, 0.4) is 0 Å². The molecule has 3 rings (SSSR count). The highest BCUT2D eigenvalue weighted by Gasteiger charge is 2.12. The minimum atomic E-state index is -0.0764. The fourth-order valence-electron chi connectivity index (χ4n) is 2.29. The molecule has 1 heterocycles. The third-order valence-electron chi connectivity index (χ3n) is 3.54. The van der Waals surface area contributed by atoms with Crippen molar-refractivity contribution in [2.75, 3.05) is 0 Å². The van der Waals surface area contributed by atoms with E-state index in [2.05, 4.69) is 15.7 Å². The van der Waals surface area contributed by atoms with Crippen LogP contribution < -0.4 is 5.32 Å². The van der Waals surface area contributed by atoms with Crippen molar-refractivity contribution in [1.29, 1.82) is 0 Å². The van der Waals surface area contributed by atoms with Crippen LogP contribution in [0.5, 0.6) is 0 Å². The molecular weight excluding hydrogens is 372 g/mol. The van der Waals surface area contributed by atoms with Gasteiger partial charge in [0.2, 0.25) is 0 Å². The molecule has 3 aromatic rings. The van der Waals surface area contributed by atoms with E-state index in [1.54, 1.807) is 23.1 Å². The number of nitrogens with zero attached hydrogens (tertiary/aromatic N) is 1. The lowest BCUT2D eigenvalue weighted by Gasteiger charge is -2.10. The Morgan fingerprint density at radius 1 is 1.20 bits per heavy atom. The highest BCUT2D eigenvalue weighted by atomic mass is 35.5. The van der Waals surface area contributed by atoms with Gasteiger partial charge in [0.25, 0.3) is 5.91 Å². The van der Waals surface area contributed by atoms with E-state index in [1.807, 2.05) is 55.5 Å². The van der Waals surface area contributed by atoms with Gasteiger partial charge in [0.1, 0.15) is 0 Å². The number of nitrogens with one attached hydrogen (secondary N) is 1. The lowest BCUT2D eigenvalue weighted by molar-refractivity contribution is 0.0948. The van der Waals surface area contributed by atoms with E-state index >= 15 is 0 Å². The number of thiazole rings is 1. The van der Waals surface area contributed by atoms with E-state index in [4.69, 9.17) is 11.6 Å². The first kappa shape index (κ1) is 18.0. The second-order valence-corrected chi connectivity index (χ2v) is 7.97. The fourth-order valence-corrected chi connectivity index (χ4v) is 4.07. The summed E-state index contributed by atoms with van der Waals surface area (Å²) in [4.78, 5) is 18.0. The predicted octanol–water partition coefficient (Wildman–Crippen LogP) is 5.33. The van der Waals surface area contributed by atoms with Crippen molar-refractivity contribution >= 4 is 40.6 Å². The number of carbonyl (C=O) groups excluding carboxylic acids is 1. The lowest BCUT2D eigenvalue weighted by atomic mass is 10.2. The third-order valence-corrected chi connectivity index (χ3v) is 5.72. The van der Waals surface area contributed by atoms with Crippen molar-refractivity contribution < 1.29 is 4.79 Å². The molecule has 0 saturated carbocycles. The summed E-state index contributed by atoms with van der Waals surface area (Å²) in [5.74, 6) is 0.679. The highest BCUT2D eigenvalue weighted by Crippen LogP contribution is 2.27. The number of hydrogen-bond donors (Lipinski definition) is 1. The Morgan fingerprint density at radius 2 is 1.96 bits per heavy atom. The number of aryl methyl sites for hydroxylation is 1. The van der Waals surface area contributed by atoms with Gasteiger partial charge in [-0.1, -0.05) is 35.9 Å². The average Bonchev–Trinajstić information content (AvgIpc) is 3.05. The predicted molar refractivity (Wildman–Crippen MR) is 105 cm³/mol. The zero-order valence-electron chi connectivity index (χ0n) is 13.7. The van der Waals surface area contributed by atoms with Crippen molar-refractivity contribution in [3.63, 3.8) is 0 Å². The fraction of sp³-hybridized carbons (Fsp3) is 0.158.